The van der Waals surface area contributed by atoms with Gasteiger partial charge in [0.2, 0.25) is 0 Å². The highest BCUT2D eigenvalue weighted by Crippen LogP contribution is 2.28. The Morgan fingerprint density at radius 1 is 1.24 bits per heavy atom. The Morgan fingerprint density at radius 2 is 1.88 bits per heavy atom. The number of carbonyl (C=O) groups excluding carboxylic acids is 1. The molecule has 0 radical (unpaired) electrons. The maximum Gasteiger partial charge on any atom is 0.311 e. The summed E-state index contributed by atoms with van der Waals surface area (Å²) >= 11 is 0. The normalized spacial score (nSPS) is 11.0. The van der Waals surface area contributed by atoms with Crippen LogP contribution in [0.2, 0.25) is 0 Å². The van der Waals surface area contributed by atoms with E-state index in [0.29, 0.717) is 24.0 Å². The van der Waals surface area contributed by atoms with Gasteiger partial charge in [0.25, 0.3) is 0 Å². The van der Waals surface area contributed by atoms with E-state index in [1.54, 1.807) is 0 Å². The van der Waals surface area contributed by atoms with Crippen molar-refractivity contribution < 1.29 is 9.53 Å². The first-order valence-electron chi connectivity index (χ1n) is 6.21. The fraction of sp³-hybridized carbons (Fsp3) is 0.533. The zero-order valence-corrected chi connectivity index (χ0v) is 11.4. The molecule has 0 saturated heterocycles. The Hall–Kier alpha value is -1.31. The quantitative estimate of drug-likeness (QED) is 0.580. The van der Waals surface area contributed by atoms with Gasteiger partial charge in [0.1, 0.15) is 5.75 Å². The molecule has 94 valence electrons. The van der Waals surface area contributed by atoms with Crippen LogP contribution in [0.15, 0.2) is 18.2 Å². The number of aryl methyl sites for hydroxylation is 1. The fourth-order valence-corrected chi connectivity index (χ4v) is 1.70. The Labute approximate surface area is 104 Å². The second-order valence-corrected chi connectivity index (χ2v) is 5.27. The number of ether oxygens (including phenoxy) is 1. The van der Waals surface area contributed by atoms with Gasteiger partial charge >= 0.3 is 5.97 Å². The molecular formula is C15H22O2. The molecule has 0 N–H and O–H groups in total. The SMILES string of the molecule is Cc1ccc(C(C)C)c(OC(=O)CC(C)C)c1. The van der Waals surface area contributed by atoms with Crippen molar-refractivity contribution in [1.82, 2.24) is 0 Å². The monoisotopic (exact) mass is 234 g/mol. The van der Waals surface area contributed by atoms with Crippen LogP contribution in [0.25, 0.3) is 0 Å². The smallest absolute Gasteiger partial charge is 0.311 e. The van der Waals surface area contributed by atoms with E-state index in [0.717, 1.165) is 11.1 Å². The average molecular weight is 234 g/mol. The number of hydrogen-bond acceptors (Lipinski definition) is 2. The molecule has 0 aliphatic rings. The van der Waals surface area contributed by atoms with Crippen molar-refractivity contribution in [3.05, 3.63) is 29.3 Å². The van der Waals surface area contributed by atoms with Crippen LogP contribution in [0.1, 0.15) is 51.2 Å². The molecule has 0 bridgehead atoms. The number of rotatable bonds is 4. The van der Waals surface area contributed by atoms with Gasteiger partial charge in [-0.25, -0.2) is 0 Å². The van der Waals surface area contributed by atoms with Crippen LogP contribution in [-0.2, 0) is 4.79 Å². The highest BCUT2D eigenvalue weighted by molar-refractivity contribution is 5.73. The minimum Gasteiger partial charge on any atom is -0.426 e. The van der Waals surface area contributed by atoms with Crippen LogP contribution in [-0.4, -0.2) is 5.97 Å². The molecule has 0 unspecified atom stereocenters. The van der Waals surface area contributed by atoms with E-state index in [1.165, 1.54) is 0 Å². The van der Waals surface area contributed by atoms with Crippen LogP contribution >= 0.6 is 0 Å². The Morgan fingerprint density at radius 3 is 2.41 bits per heavy atom. The molecule has 0 atom stereocenters. The second-order valence-electron chi connectivity index (χ2n) is 5.27. The van der Waals surface area contributed by atoms with E-state index >= 15 is 0 Å². The van der Waals surface area contributed by atoms with Crippen molar-refractivity contribution in [3.8, 4) is 5.75 Å². The topological polar surface area (TPSA) is 26.3 Å². The zero-order chi connectivity index (χ0) is 13.0. The lowest BCUT2D eigenvalue weighted by atomic mass is 10.0. The summed E-state index contributed by atoms with van der Waals surface area (Å²) in [6.45, 7) is 10.2. The molecule has 0 saturated carbocycles. The molecular weight excluding hydrogens is 212 g/mol. The number of carbonyl (C=O) groups is 1. The Balaban J connectivity index is 2.88. The molecule has 2 nitrogen and oxygen atoms in total. The van der Waals surface area contributed by atoms with E-state index < -0.39 is 0 Å². The first kappa shape index (κ1) is 13.8. The van der Waals surface area contributed by atoms with Crippen molar-refractivity contribution in [2.45, 2.75) is 47.0 Å². The van der Waals surface area contributed by atoms with Crippen molar-refractivity contribution in [2.75, 3.05) is 0 Å². The number of hydrogen-bond donors (Lipinski definition) is 0. The lowest BCUT2D eigenvalue weighted by Crippen LogP contribution is -2.12. The lowest BCUT2D eigenvalue weighted by molar-refractivity contribution is -0.135. The molecule has 1 aromatic carbocycles. The van der Waals surface area contributed by atoms with E-state index in [2.05, 4.69) is 19.9 Å². The molecule has 0 aliphatic heterocycles. The predicted octanol–water partition coefficient (Wildman–Crippen LogP) is 4.07. The molecule has 0 spiro atoms. The largest absolute Gasteiger partial charge is 0.426 e. The van der Waals surface area contributed by atoms with E-state index in [1.807, 2.05) is 32.9 Å². The lowest BCUT2D eigenvalue weighted by Gasteiger charge is -2.14. The maximum atomic E-state index is 11.7. The molecule has 0 aromatic heterocycles. The summed E-state index contributed by atoms with van der Waals surface area (Å²) in [7, 11) is 0. The summed E-state index contributed by atoms with van der Waals surface area (Å²) in [5.41, 5.74) is 2.20. The molecule has 2 heteroatoms. The van der Waals surface area contributed by atoms with Crippen LogP contribution < -0.4 is 4.74 Å². The minimum atomic E-state index is -0.146. The number of benzene rings is 1. The minimum absolute atomic E-state index is 0.146. The summed E-state index contributed by atoms with van der Waals surface area (Å²) < 4.78 is 5.46. The summed E-state index contributed by atoms with van der Waals surface area (Å²) in [4.78, 5) is 11.7. The van der Waals surface area contributed by atoms with Crippen LogP contribution in [0.3, 0.4) is 0 Å². The van der Waals surface area contributed by atoms with Gasteiger partial charge in [-0.05, 0) is 36.0 Å². The van der Waals surface area contributed by atoms with Gasteiger partial charge in [-0.1, -0.05) is 39.8 Å². The van der Waals surface area contributed by atoms with E-state index in [9.17, 15) is 4.79 Å². The van der Waals surface area contributed by atoms with Gasteiger partial charge in [-0.2, -0.15) is 0 Å². The van der Waals surface area contributed by atoms with Crippen LogP contribution in [0.4, 0.5) is 0 Å². The van der Waals surface area contributed by atoms with Gasteiger partial charge in [0, 0.05) is 6.42 Å². The van der Waals surface area contributed by atoms with Crippen molar-refractivity contribution in [3.63, 3.8) is 0 Å². The number of esters is 1. The van der Waals surface area contributed by atoms with E-state index in [4.69, 9.17) is 4.74 Å². The molecule has 0 heterocycles. The highest BCUT2D eigenvalue weighted by Gasteiger charge is 2.13. The maximum absolute atomic E-state index is 11.7. The van der Waals surface area contributed by atoms with Crippen LogP contribution in [0, 0.1) is 12.8 Å². The van der Waals surface area contributed by atoms with Gasteiger partial charge in [0.15, 0.2) is 0 Å². The van der Waals surface area contributed by atoms with Crippen LogP contribution in [0.5, 0.6) is 5.75 Å². The first-order chi connectivity index (χ1) is 7.90. The summed E-state index contributed by atoms with van der Waals surface area (Å²) in [5.74, 6) is 1.26. The summed E-state index contributed by atoms with van der Waals surface area (Å²) in [6, 6.07) is 6.03. The molecule has 1 aromatic rings. The van der Waals surface area contributed by atoms with E-state index in [-0.39, 0.29) is 5.97 Å². The first-order valence-corrected chi connectivity index (χ1v) is 6.21. The third-order valence-corrected chi connectivity index (χ3v) is 2.59. The molecule has 17 heavy (non-hydrogen) atoms. The molecule has 0 fully saturated rings. The zero-order valence-electron chi connectivity index (χ0n) is 11.4. The van der Waals surface area contributed by atoms with Gasteiger partial charge in [-0.3, -0.25) is 4.79 Å². The predicted molar refractivity (Wildman–Crippen MR) is 70.4 cm³/mol. The van der Waals surface area contributed by atoms with Gasteiger partial charge in [0.05, 0.1) is 0 Å². The molecule has 0 amide bonds. The van der Waals surface area contributed by atoms with Crippen molar-refractivity contribution in [2.24, 2.45) is 5.92 Å². The Kier molecular flexibility index (Phi) is 4.73. The standard InChI is InChI=1S/C15H22O2/c1-10(2)8-15(16)17-14-9-12(5)6-7-13(14)11(3)4/h6-7,9-11H,8H2,1-5H3. The summed E-state index contributed by atoms with van der Waals surface area (Å²) in [5, 5.41) is 0. The summed E-state index contributed by atoms with van der Waals surface area (Å²) in [6.07, 6.45) is 0.464. The van der Waals surface area contributed by atoms with Crippen molar-refractivity contribution in [1.29, 1.82) is 0 Å². The Bertz CT molecular complexity index is 392. The molecule has 1 rings (SSSR count). The van der Waals surface area contributed by atoms with Gasteiger partial charge in [-0.15, -0.1) is 0 Å². The third kappa shape index (κ3) is 4.22. The fourth-order valence-electron chi connectivity index (χ4n) is 1.70. The molecule has 0 aliphatic carbocycles. The third-order valence-electron chi connectivity index (χ3n) is 2.59. The second kappa shape index (κ2) is 5.85. The van der Waals surface area contributed by atoms with Crippen molar-refractivity contribution >= 4 is 5.97 Å². The van der Waals surface area contributed by atoms with Gasteiger partial charge < -0.3 is 4.74 Å². The average Bonchev–Trinajstić information content (AvgIpc) is 2.15. The highest BCUT2D eigenvalue weighted by atomic mass is 16.5.